The first-order valence-corrected chi connectivity index (χ1v) is 8.57. The molecule has 2 unspecified atom stereocenters. The van der Waals surface area contributed by atoms with Crippen LogP contribution in [-0.4, -0.2) is 25.0 Å². The molecule has 0 fully saturated rings. The number of rotatable bonds is 6. The third-order valence-electron chi connectivity index (χ3n) is 4.68. The molecule has 142 valence electrons. The average molecular weight is 396 g/mol. The summed E-state index contributed by atoms with van der Waals surface area (Å²) in [5.74, 6) is 0.00526. The van der Waals surface area contributed by atoms with Gasteiger partial charge in [0.2, 0.25) is 5.91 Å². The Hall–Kier alpha value is -1.75. The zero-order valence-electron chi connectivity index (χ0n) is 14.9. The van der Waals surface area contributed by atoms with Gasteiger partial charge in [-0.15, -0.1) is 24.8 Å². The lowest BCUT2D eigenvalue weighted by molar-refractivity contribution is -0.121. The van der Waals surface area contributed by atoms with Crippen LogP contribution in [0.25, 0.3) is 0 Å². The second-order valence-electron chi connectivity index (χ2n) is 6.45. The molecule has 2 aromatic rings. The van der Waals surface area contributed by atoms with Gasteiger partial charge < -0.3 is 16.0 Å². The van der Waals surface area contributed by atoms with E-state index in [1.165, 1.54) is 11.3 Å². The van der Waals surface area contributed by atoms with Crippen LogP contribution >= 0.6 is 24.8 Å². The molecule has 0 radical (unpaired) electrons. The molecule has 1 amide bonds. The lowest BCUT2D eigenvalue weighted by atomic mass is 10.0. The summed E-state index contributed by atoms with van der Waals surface area (Å²) < 4.78 is 0. The van der Waals surface area contributed by atoms with E-state index in [-0.39, 0.29) is 42.8 Å². The van der Waals surface area contributed by atoms with Crippen LogP contribution in [0.4, 0.5) is 5.69 Å². The summed E-state index contributed by atoms with van der Waals surface area (Å²) in [5.41, 5.74) is 9.79. The highest BCUT2D eigenvalue weighted by molar-refractivity contribution is 5.85. The average Bonchev–Trinajstić information content (AvgIpc) is 3.04. The number of nitrogens with one attached hydrogen (secondary N) is 1. The molecule has 0 aromatic heterocycles. The third-order valence-corrected chi connectivity index (χ3v) is 4.68. The second-order valence-corrected chi connectivity index (χ2v) is 6.45. The van der Waals surface area contributed by atoms with Crippen molar-refractivity contribution >= 4 is 36.4 Å². The molecule has 3 rings (SSSR count). The standard InChI is InChI=1S/C20H25N3O.2ClH/c1-15(23-12-11-17-9-5-6-10-19(17)23)14-22-20(24)13-18(21)16-7-3-2-4-8-16;;/h2-10,15,18H,11-14,21H2,1H3,(H,22,24);2*1H. The Labute approximate surface area is 168 Å². The molecule has 0 saturated heterocycles. The van der Waals surface area contributed by atoms with Crippen LogP contribution in [0.15, 0.2) is 54.6 Å². The minimum atomic E-state index is -0.256. The van der Waals surface area contributed by atoms with Gasteiger partial charge in [0, 0.05) is 37.3 Å². The normalized spacial score (nSPS) is 14.5. The topological polar surface area (TPSA) is 58.4 Å². The number of nitrogens with zero attached hydrogens (tertiary/aromatic N) is 1. The summed E-state index contributed by atoms with van der Waals surface area (Å²) in [6, 6.07) is 18.3. The van der Waals surface area contributed by atoms with Crippen LogP contribution in [0.5, 0.6) is 0 Å². The number of nitrogens with two attached hydrogens (primary N) is 1. The fourth-order valence-corrected chi connectivity index (χ4v) is 3.28. The molecule has 0 aliphatic carbocycles. The van der Waals surface area contributed by atoms with Crippen molar-refractivity contribution in [1.29, 1.82) is 0 Å². The quantitative estimate of drug-likeness (QED) is 0.786. The van der Waals surface area contributed by atoms with Crippen molar-refractivity contribution < 1.29 is 4.79 Å². The van der Waals surface area contributed by atoms with Crippen molar-refractivity contribution in [3.63, 3.8) is 0 Å². The van der Waals surface area contributed by atoms with Crippen LogP contribution in [0.2, 0.25) is 0 Å². The molecule has 1 aliphatic heterocycles. The maximum Gasteiger partial charge on any atom is 0.221 e. The maximum atomic E-state index is 12.2. The van der Waals surface area contributed by atoms with E-state index in [0.29, 0.717) is 13.0 Å². The molecular weight excluding hydrogens is 369 g/mol. The highest BCUT2D eigenvalue weighted by Gasteiger charge is 2.23. The van der Waals surface area contributed by atoms with Gasteiger partial charge in [0.1, 0.15) is 0 Å². The van der Waals surface area contributed by atoms with E-state index >= 15 is 0 Å². The molecule has 4 nitrogen and oxygen atoms in total. The Morgan fingerprint density at radius 3 is 2.50 bits per heavy atom. The minimum absolute atomic E-state index is 0. The summed E-state index contributed by atoms with van der Waals surface area (Å²) in [5, 5.41) is 3.03. The highest BCUT2D eigenvalue weighted by atomic mass is 35.5. The lowest BCUT2D eigenvalue weighted by Crippen LogP contribution is -2.42. The minimum Gasteiger partial charge on any atom is -0.366 e. The number of hydrogen-bond acceptors (Lipinski definition) is 3. The van der Waals surface area contributed by atoms with E-state index in [0.717, 1.165) is 18.5 Å². The van der Waals surface area contributed by atoms with Gasteiger partial charge in [-0.1, -0.05) is 48.5 Å². The van der Waals surface area contributed by atoms with Gasteiger partial charge in [-0.05, 0) is 30.5 Å². The van der Waals surface area contributed by atoms with Gasteiger partial charge in [-0.2, -0.15) is 0 Å². The Kier molecular flexibility index (Phi) is 8.93. The number of halogens is 2. The van der Waals surface area contributed by atoms with Crippen molar-refractivity contribution in [3.05, 3.63) is 65.7 Å². The molecular formula is C20H27Cl2N3O. The second kappa shape index (κ2) is 10.4. The predicted octanol–water partition coefficient (Wildman–Crippen LogP) is 3.49. The smallest absolute Gasteiger partial charge is 0.221 e. The molecule has 3 N–H and O–H groups in total. The zero-order valence-corrected chi connectivity index (χ0v) is 16.6. The van der Waals surface area contributed by atoms with Crippen LogP contribution in [-0.2, 0) is 11.2 Å². The van der Waals surface area contributed by atoms with E-state index in [9.17, 15) is 4.79 Å². The van der Waals surface area contributed by atoms with Gasteiger partial charge in [-0.3, -0.25) is 4.79 Å². The summed E-state index contributed by atoms with van der Waals surface area (Å²) in [6.45, 7) is 3.80. The van der Waals surface area contributed by atoms with Gasteiger partial charge in [0.15, 0.2) is 0 Å². The molecule has 26 heavy (non-hydrogen) atoms. The number of fused-ring (bicyclic) bond motifs is 1. The Bertz CT molecular complexity index is 696. The SMILES string of the molecule is CC(CNC(=O)CC(N)c1ccccc1)N1CCc2ccccc21.Cl.Cl. The Balaban J connectivity index is 0.00000169. The number of benzene rings is 2. The van der Waals surface area contributed by atoms with E-state index < -0.39 is 0 Å². The molecule has 1 heterocycles. The third kappa shape index (κ3) is 5.37. The Morgan fingerprint density at radius 2 is 1.77 bits per heavy atom. The van der Waals surface area contributed by atoms with E-state index in [1.54, 1.807) is 0 Å². The van der Waals surface area contributed by atoms with Crippen LogP contribution < -0.4 is 16.0 Å². The van der Waals surface area contributed by atoms with Crippen molar-refractivity contribution in [2.24, 2.45) is 5.73 Å². The van der Waals surface area contributed by atoms with Crippen LogP contribution in [0.3, 0.4) is 0 Å². The fourth-order valence-electron chi connectivity index (χ4n) is 3.28. The van der Waals surface area contributed by atoms with Crippen molar-refractivity contribution in [3.8, 4) is 0 Å². The lowest BCUT2D eigenvalue weighted by Gasteiger charge is -2.27. The largest absolute Gasteiger partial charge is 0.366 e. The van der Waals surface area contributed by atoms with E-state index in [1.807, 2.05) is 30.3 Å². The summed E-state index contributed by atoms with van der Waals surface area (Å²) in [7, 11) is 0. The number of amides is 1. The summed E-state index contributed by atoms with van der Waals surface area (Å²) in [4.78, 5) is 14.5. The number of para-hydroxylation sites is 1. The first-order valence-electron chi connectivity index (χ1n) is 8.57. The number of carbonyl (C=O) groups excluding carboxylic acids is 1. The summed E-state index contributed by atoms with van der Waals surface area (Å²) in [6.07, 6.45) is 1.39. The molecule has 6 heteroatoms. The molecule has 0 spiro atoms. The predicted molar refractivity (Wildman–Crippen MR) is 112 cm³/mol. The van der Waals surface area contributed by atoms with Crippen molar-refractivity contribution in [2.75, 3.05) is 18.0 Å². The highest BCUT2D eigenvalue weighted by Crippen LogP contribution is 2.28. The van der Waals surface area contributed by atoms with Crippen LogP contribution in [0.1, 0.15) is 30.5 Å². The monoisotopic (exact) mass is 395 g/mol. The van der Waals surface area contributed by atoms with Gasteiger partial charge in [0.05, 0.1) is 0 Å². The number of carbonyl (C=O) groups is 1. The van der Waals surface area contributed by atoms with Gasteiger partial charge in [0.25, 0.3) is 0 Å². The molecule has 0 bridgehead atoms. The zero-order chi connectivity index (χ0) is 16.9. The van der Waals surface area contributed by atoms with Crippen molar-refractivity contribution in [2.45, 2.75) is 31.8 Å². The van der Waals surface area contributed by atoms with Crippen molar-refractivity contribution in [1.82, 2.24) is 5.32 Å². The van der Waals surface area contributed by atoms with Gasteiger partial charge in [-0.25, -0.2) is 0 Å². The summed E-state index contributed by atoms with van der Waals surface area (Å²) >= 11 is 0. The molecule has 2 atom stereocenters. The maximum absolute atomic E-state index is 12.2. The molecule has 2 aromatic carbocycles. The fraction of sp³-hybridized carbons (Fsp3) is 0.350. The first-order chi connectivity index (χ1) is 11.6. The number of anilines is 1. The molecule has 0 saturated carbocycles. The van der Waals surface area contributed by atoms with Gasteiger partial charge >= 0.3 is 0 Å². The van der Waals surface area contributed by atoms with E-state index in [2.05, 4.69) is 41.4 Å². The van der Waals surface area contributed by atoms with E-state index in [4.69, 9.17) is 5.73 Å². The molecule has 1 aliphatic rings. The first kappa shape index (κ1) is 22.3. The van der Waals surface area contributed by atoms with Crippen LogP contribution in [0, 0.1) is 0 Å². The Morgan fingerprint density at radius 1 is 1.12 bits per heavy atom. The number of hydrogen-bond donors (Lipinski definition) is 2.